The summed E-state index contributed by atoms with van der Waals surface area (Å²) in [5.74, 6) is -1.07. The number of rotatable bonds is 6. The molecule has 156 valence electrons. The van der Waals surface area contributed by atoms with Crippen LogP contribution in [0.1, 0.15) is 32.6 Å². The number of anilines is 1. The smallest absolute Gasteiger partial charge is 0.326 e. The van der Waals surface area contributed by atoms with Crippen LogP contribution in [0, 0.1) is 16.0 Å². The van der Waals surface area contributed by atoms with Crippen molar-refractivity contribution in [3.05, 3.63) is 28.3 Å². The molecule has 1 aromatic carbocycles. The van der Waals surface area contributed by atoms with Gasteiger partial charge in [0.2, 0.25) is 0 Å². The van der Waals surface area contributed by atoms with Gasteiger partial charge in [-0.2, -0.15) is 0 Å². The summed E-state index contributed by atoms with van der Waals surface area (Å²) < 4.78 is 10.2. The van der Waals surface area contributed by atoms with E-state index in [4.69, 9.17) is 9.47 Å². The lowest BCUT2D eigenvalue weighted by atomic mass is 9.86. The van der Waals surface area contributed by atoms with Crippen LogP contribution < -0.4 is 15.0 Å². The van der Waals surface area contributed by atoms with Crippen LogP contribution in [0.2, 0.25) is 0 Å². The Morgan fingerprint density at radius 2 is 2.10 bits per heavy atom. The van der Waals surface area contributed by atoms with Crippen molar-refractivity contribution in [1.29, 1.82) is 0 Å². The molecule has 1 aliphatic heterocycles. The highest BCUT2D eigenvalue weighted by Gasteiger charge is 2.30. The molecular weight excluding hydrogens is 382 g/mol. The molecule has 1 fully saturated rings. The van der Waals surface area contributed by atoms with Crippen molar-refractivity contribution in [2.45, 2.75) is 38.6 Å². The van der Waals surface area contributed by atoms with Crippen LogP contribution in [0.25, 0.3) is 0 Å². The average Bonchev–Trinajstić information content (AvgIpc) is 2.70. The molecule has 0 radical (unpaired) electrons. The van der Waals surface area contributed by atoms with Crippen LogP contribution in [0.3, 0.4) is 0 Å². The van der Waals surface area contributed by atoms with Gasteiger partial charge in [-0.3, -0.25) is 29.4 Å². The Morgan fingerprint density at radius 1 is 1.34 bits per heavy atom. The van der Waals surface area contributed by atoms with E-state index in [1.54, 1.807) is 0 Å². The first-order valence-electron chi connectivity index (χ1n) is 9.51. The molecule has 1 aromatic rings. The van der Waals surface area contributed by atoms with Crippen molar-refractivity contribution in [3.8, 4) is 5.75 Å². The van der Waals surface area contributed by atoms with Gasteiger partial charge >= 0.3 is 5.97 Å². The Kier molecular flexibility index (Phi) is 6.30. The number of nitro benzene ring substituents is 1. The van der Waals surface area contributed by atoms with Crippen LogP contribution in [0.4, 0.5) is 11.4 Å². The SMILES string of the molecule is C[C@@H]1CCCC[C@H]1NC(=O)COC(=O)CN1C(=O)COc2ccc([N+](=O)[O-])cc21. The molecule has 0 spiro atoms. The minimum atomic E-state index is -0.787. The molecule has 10 nitrogen and oxygen atoms in total. The molecule has 3 rings (SSSR count). The number of carbonyl (C=O) groups excluding carboxylic acids is 3. The van der Waals surface area contributed by atoms with Gasteiger partial charge in [0.25, 0.3) is 17.5 Å². The fraction of sp³-hybridized carbons (Fsp3) is 0.526. The van der Waals surface area contributed by atoms with Gasteiger partial charge in [-0.1, -0.05) is 19.8 Å². The van der Waals surface area contributed by atoms with Gasteiger partial charge in [-0.15, -0.1) is 0 Å². The maximum Gasteiger partial charge on any atom is 0.326 e. The highest BCUT2D eigenvalue weighted by Crippen LogP contribution is 2.35. The zero-order valence-corrected chi connectivity index (χ0v) is 16.1. The van der Waals surface area contributed by atoms with Gasteiger partial charge in [0, 0.05) is 18.2 Å². The molecule has 1 saturated carbocycles. The Labute approximate surface area is 167 Å². The summed E-state index contributed by atoms with van der Waals surface area (Å²) in [7, 11) is 0. The molecule has 2 amide bonds. The Morgan fingerprint density at radius 3 is 2.83 bits per heavy atom. The summed E-state index contributed by atoms with van der Waals surface area (Å²) in [5.41, 5.74) is -0.116. The van der Waals surface area contributed by atoms with E-state index in [0.29, 0.717) is 5.92 Å². The topological polar surface area (TPSA) is 128 Å². The zero-order valence-electron chi connectivity index (χ0n) is 16.1. The molecule has 1 aliphatic carbocycles. The molecule has 1 heterocycles. The number of amides is 2. The second-order valence-electron chi connectivity index (χ2n) is 7.27. The van der Waals surface area contributed by atoms with Crippen molar-refractivity contribution < 1.29 is 28.8 Å². The van der Waals surface area contributed by atoms with Gasteiger partial charge in [-0.25, -0.2) is 0 Å². The number of hydrogen-bond acceptors (Lipinski definition) is 7. The van der Waals surface area contributed by atoms with E-state index in [9.17, 15) is 24.5 Å². The van der Waals surface area contributed by atoms with Gasteiger partial charge in [0.05, 0.1) is 10.6 Å². The summed E-state index contributed by atoms with van der Waals surface area (Å²) in [4.78, 5) is 47.8. The molecule has 0 aromatic heterocycles. The standard InChI is InChI=1S/C19H23N3O7/c1-12-4-2-3-5-14(12)20-17(23)10-29-19(25)9-21-15-8-13(22(26)27)6-7-16(15)28-11-18(21)24/h6-8,12,14H,2-5,9-11H2,1H3,(H,20,23)/t12-,14-/m1/s1. The van der Waals surface area contributed by atoms with Gasteiger partial charge in [0.1, 0.15) is 12.3 Å². The third-order valence-electron chi connectivity index (χ3n) is 5.21. The summed E-state index contributed by atoms with van der Waals surface area (Å²) in [5, 5.41) is 13.9. The van der Waals surface area contributed by atoms with E-state index in [-0.39, 0.29) is 35.7 Å². The molecule has 0 saturated heterocycles. The van der Waals surface area contributed by atoms with E-state index < -0.39 is 30.0 Å². The maximum atomic E-state index is 12.2. The highest BCUT2D eigenvalue weighted by molar-refractivity contribution is 6.01. The Bertz CT molecular complexity index is 826. The van der Waals surface area contributed by atoms with Gasteiger partial charge < -0.3 is 14.8 Å². The second kappa shape index (κ2) is 8.89. The van der Waals surface area contributed by atoms with E-state index in [1.165, 1.54) is 12.1 Å². The molecule has 29 heavy (non-hydrogen) atoms. The number of nitrogens with zero attached hydrogens (tertiary/aromatic N) is 2. The predicted octanol–water partition coefficient (Wildman–Crippen LogP) is 1.56. The molecule has 2 aliphatic rings. The molecule has 10 heteroatoms. The summed E-state index contributed by atoms with van der Waals surface area (Å²) >= 11 is 0. The molecule has 1 N–H and O–H groups in total. The lowest BCUT2D eigenvalue weighted by Gasteiger charge is -2.29. The number of carbonyl (C=O) groups is 3. The van der Waals surface area contributed by atoms with Crippen LogP contribution in [-0.2, 0) is 19.1 Å². The van der Waals surface area contributed by atoms with E-state index in [0.717, 1.165) is 36.6 Å². The third kappa shape index (κ3) is 5.01. The van der Waals surface area contributed by atoms with Crippen molar-refractivity contribution in [2.75, 3.05) is 24.7 Å². The summed E-state index contributed by atoms with van der Waals surface area (Å²) in [6.07, 6.45) is 4.16. The predicted molar refractivity (Wildman–Crippen MR) is 101 cm³/mol. The lowest BCUT2D eigenvalue weighted by Crippen LogP contribution is -2.44. The van der Waals surface area contributed by atoms with Crippen LogP contribution >= 0.6 is 0 Å². The fourth-order valence-corrected chi connectivity index (χ4v) is 3.58. The Hall–Kier alpha value is -3.17. The number of ether oxygens (including phenoxy) is 2. The minimum absolute atomic E-state index is 0.0724. The first kappa shape index (κ1) is 20.6. The average molecular weight is 405 g/mol. The number of esters is 1. The minimum Gasteiger partial charge on any atom is -0.482 e. The highest BCUT2D eigenvalue weighted by atomic mass is 16.6. The number of non-ortho nitro benzene ring substituents is 1. The number of hydrogen-bond donors (Lipinski definition) is 1. The van der Waals surface area contributed by atoms with Crippen LogP contribution in [0.15, 0.2) is 18.2 Å². The van der Waals surface area contributed by atoms with Gasteiger partial charge in [-0.05, 0) is 24.8 Å². The number of nitrogens with one attached hydrogen (secondary N) is 1. The van der Waals surface area contributed by atoms with Crippen LogP contribution in [-0.4, -0.2) is 48.5 Å². The fourth-order valence-electron chi connectivity index (χ4n) is 3.58. The first-order valence-corrected chi connectivity index (χ1v) is 9.51. The first-order chi connectivity index (χ1) is 13.8. The van der Waals surface area contributed by atoms with Crippen molar-refractivity contribution in [2.24, 2.45) is 5.92 Å². The zero-order chi connectivity index (χ0) is 21.0. The normalized spacial score (nSPS) is 21.0. The number of fused-ring (bicyclic) bond motifs is 1. The number of benzene rings is 1. The third-order valence-corrected chi connectivity index (χ3v) is 5.21. The number of nitro groups is 1. The van der Waals surface area contributed by atoms with E-state index in [2.05, 4.69) is 12.2 Å². The molecule has 2 atom stereocenters. The van der Waals surface area contributed by atoms with Crippen molar-refractivity contribution >= 4 is 29.2 Å². The monoisotopic (exact) mass is 405 g/mol. The lowest BCUT2D eigenvalue weighted by molar-refractivity contribution is -0.384. The molecule has 0 bridgehead atoms. The maximum absolute atomic E-state index is 12.2. The van der Waals surface area contributed by atoms with Gasteiger partial charge in [0.15, 0.2) is 13.2 Å². The van der Waals surface area contributed by atoms with E-state index >= 15 is 0 Å². The molecular formula is C19H23N3O7. The molecule has 0 unspecified atom stereocenters. The van der Waals surface area contributed by atoms with Crippen molar-refractivity contribution in [3.63, 3.8) is 0 Å². The largest absolute Gasteiger partial charge is 0.482 e. The quantitative estimate of drug-likeness (QED) is 0.432. The van der Waals surface area contributed by atoms with Crippen molar-refractivity contribution in [1.82, 2.24) is 5.32 Å². The second-order valence-corrected chi connectivity index (χ2v) is 7.27. The summed E-state index contributed by atoms with van der Waals surface area (Å²) in [6, 6.07) is 3.86. The van der Waals surface area contributed by atoms with Crippen LogP contribution in [0.5, 0.6) is 5.75 Å². The summed E-state index contributed by atoms with van der Waals surface area (Å²) in [6.45, 7) is 0.876. The van der Waals surface area contributed by atoms with E-state index in [1.807, 2.05) is 0 Å². The Balaban J connectivity index is 1.57.